The van der Waals surface area contributed by atoms with Crippen LogP contribution in [0.1, 0.15) is 60.3 Å². The van der Waals surface area contributed by atoms with Crippen molar-refractivity contribution in [1.82, 2.24) is 0 Å². The van der Waals surface area contributed by atoms with Gasteiger partial charge in [-0.2, -0.15) is 0 Å². The van der Waals surface area contributed by atoms with Gasteiger partial charge < -0.3 is 9.16 Å². The highest BCUT2D eigenvalue weighted by atomic mass is 28.4. The number of epoxide rings is 1. The number of fused-ring (bicyclic) bond motifs is 2. The third-order valence-electron chi connectivity index (χ3n) is 6.76. The lowest BCUT2D eigenvalue weighted by atomic mass is 9.55. The molecule has 2 aliphatic carbocycles. The predicted octanol–water partition coefficient (Wildman–Crippen LogP) is 5.30. The summed E-state index contributed by atoms with van der Waals surface area (Å²) < 4.78 is 12.6. The van der Waals surface area contributed by atoms with Gasteiger partial charge in [0.15, 0.2) is 8.32 Å². The van der Waals surface area contributed by atoms with Crippen LogP contribution in [0.3, 0.4) is 0 Å². The van der Waals surface area contributed by atoms with Crippen LogP contribution in [0, 0.1) is 11.3 Å². The van der Waals surface area contributed by atoms with Crippen LogP contribution < -0.4 is 0 Å². The van der Waals surface area contributed by atoms with Crippen LogP contribution in [0.4, 0.5) is 0 Å². The molecule has 0 spiro atoms. The number of hydrogen-bond donors (Lipinski definition) is 0. The van der Waals surface area contributed by atoms with Crippen LogP contribution in [0.25, 0.3) is 0 Å². The molecule has 2 fully saturated rings. The van der Waals surface area contributed by atoms with E-state index in [1.165, 1.54) is 25.7 Å². The monoisotopic (exact) mass is 322 g/mol. The Balaban J connectivity index is 1.78. The molecule has 1 saturated carbocycles. The molecule has 0 N–H and O–H groups in total. The molecule has 0 aromatic carbocycles. The van der Waals surface area contributed by atoms with Gasteiger partial charge in [0.2, 0.25) is 0 Å². The number of allylic oxidation sites excluding steroid dienone is 1. The molecule has 4 atom stereocenters. The van der Waals surface area contributed by atoms with Crippen molar-refractivity contribution < 1.29 is 9.16 Å². The lowest BCUT2D eigenvalue weighted by Gasteiger charge is -2.58. The number of rotatable bonds is 2. The van der Waals surface area contributed by atoms with Gasteiger partial charge in [-0.05, 0) is 55.3 Å². The van der Waals surface area contributed by atoms with Crippen molar-refractivity contribution in [3.05, 3.63) is 11.6 Å². The van der Waals surface area contributed by atoms with E-state index < -0.39 is 8.32 Å². The molecule has 1 saturated heterocycles. The molecule has 2 nitrogen and oxygen atoms in total. The first-order valence-corrected chi connectivity index (χ1v) is 12.0. The Hall–Kier alpha value is -0.123. The van der Waals surface area contributed by atoms with Crippen LogP contribution in [0.15, 0.2) is 11.6 Å². The zero-order chi connectivity index (χ0) is 16.3. The maximum Gasteiger partial charge on any atom is 0.192 e. The maximum absolute atomic E-state index is 6.84. The standard InChI is InChI=1S/C19H34O2Si/c1-18(2,3)22(6,7)21-17-13-9-8-10-15-16(20-15)12-11-14(13)19(17,4)5/h9,14-17H,8,10-12H2,1-7H3/b13-9+. The van der Waals surface area contributed by atoms with E-state index in [0.717, 1.165) is 0 Å². The molecule has 126 valence electrons. The molecule has 3 rings (SSSR count). The van der Waals surface area contributed by atoms with Crippen molar-refractivity contribution in [3.8, 4) is 0 Å². The van der Waals surface area contributed by atoms with Crippen molar-refractivity contribution in [3.63, 3.8) is 0 Å². The fourth-order valence-electron chi connectivity index (χ4n) is 4.04. The summed E-state index contributed by atoms with van der Waals surface area (Å²) in [5.74, 6) is 0.699. The normalized spacial score (nSPS) is 40.0. The summed E-state index contributed by atoms with van der Waals surface area (Å²) in [5.41, 5.74) is 1.88. The van der Waals surface area contributed by atoms with Crippen molar-refractivity contribution in [1.29, 1.82) is 0 Å². The van der Waals surface area contributed by atoms with Crippen LogP contribution in [-0.2, 0) is 9.16 Å². The zero-order valence-electron chi connectivity index (χ0n) is 15.5. The second kappa shape index (κ2) is 5.19. The van der Waals surface area contributed by atoms with Gasteiger partial charge >= 0.3 is 0 Å². The first-order chi connectivity index (χ1) is 10.0. The van der Waals surface area contributed by atoms with Gasteiger partial charge in [0.25, 0.3) is 0 Å². The van der Waals surface area contributed by atoms with E-state index >= 15 is 0 Å². The molecule has 0 aromatic rings. The summed E-state index contributed by atoms with van der Waals surface area (Å²) in [7, 11) is -1.71. The summed E-state index contributed by atoms with van der Waals surface area (Å²) >= 11 is 0. The maximum atomic E-state index is 6.84. The van der Waals surface area contributed by atoms with Gasteiger partial charge in [0.05, 0.1) is 18.3 Å². The first kappa shape index (κ1) is 16.7. The van der Waals surface area contributed by atoms with Crippen LogP contribution in [-0.4, -0.2) is 26.6 Å². The predicted molar refractivity (Wildman–Crippen MR) is 94.6 cm³/mol. The fourth-order valence-corrected chi connectivity index (χ4v) is 5.42. The topological polar surface area (TPSA) is 21.8 Å². The Labute approximate surface area is 137 Å². The molecule has 3 aliphatic rings. The Morgan fingerprint density at radius 3 is 2.41 bits per heavy atom. The minimum atomic E-state index is -1.71. The van der Waals surface area contributed by atoms with Gasteiger partial charge in [-0.3, -0.25) is 0 Å². The van der Waals surface area contributed by atoms with Crippen molar-refractivity contribution in [2.45, 2.75) is 96.7 Å². The number of ether oxygens (including phenoxy) is 1. The zero-order valence-corrected chi connectivity index (χ0v) is 16.5. The van der Waals surface area contributed by atoms with E-state index in [1.807, 2.05) is 0 Å². The second-order valence-electron chi connectivity index (χ2n) is 9.70. The van der Waals surface area contributed by atoms with E-state index in [2.05, 4.69) is 53.8 Å². The van der Waals surface area contributed by atoms with Gasteiger partial charge in [-0.1, -0.05) is 40.7 Å². The third-order valence-corrected chi connectivity index (χ3v) is 11.2. The van der Waals surface area contributed by atoms with E-state index in [-0.39, 0.29) is 10.5 Å². The smallest absolute Gasteiger partial charge is 0.192 e. The summed E-state index contributed by atoms with van der Waals surface area (Å²) in [6, 6.07) is 0. The largest absolute Gasteiger partial charge is 0.410 e. The molecule has 1 heterocycles. The summed E-state index contributed by atoms with van der Waals surface area (Å²) in [5, 5.41) is 0.280. The summed E-state index contributed by atoms with van der Waals surface area (Å²) in [6.07, 6.45) is 8.84. The quantitative estimate of drug-likeness (QED) is 0.391. The lowest BCUT2D eigenvalue weighted by molar-refractivity contribution is -0.0286. The highest BCUT2D eigenvalue weighted by Crippen LogP contribution is 2.57. The average Bonchev–Trinajstić information content (AvgIpc) is 3.10. The fraction of sp³-hybridized carbons (Fsp3) is 0.895. The molecule has 0 amide bonds. The molecule has 4 unspecified atom stereocenters. The van der Waals surface area contributed by atoms with Gasteiger partial charge in [-0.15, -0.1) is 0 Å². The Kier molecular flexibility index (Phi) is 3.94. The highest BCUT2D eigenvalue weighted by molar-refractivity contribution is 6.74. The van der Waals surface area contributed by atoms with Crippen LogP contribution in [0.5, 0.6) is 0 Å². The molecular formula is C19H34O2Si. The molecule has 0 bridgehead atoms. The summed E-state index contributed by atoms with van der Waals surface area (Å²) in [6.45, 7) is 16.6. The van der Waals surface area contributed by atoms with E-state index in [0.29, 0.717) is 24.2 Å². The third kappa shape index (κ3) is 2.74. The van der Waals surface area contributed by atoms with E-state index in [1.54, 1.807) is 5.57 Å². The molecular weight excluding hydrogens is 288 g/mol. The average molecular weight is 323 g/mol. The minimum Gasteiger partial charge on any atom is -0.410 e. The van der Waals surface area contributed by atoms with Crippen molar-refractivity contribution in [2.24, 2.45) is 11.3 Å². The van der Waals surface area contributed by atoms with E-state index in [4.69, 9.17) is 9.16 Å². The highest BCUT2D eigenvalue weighted by Gasteiger charge is 2.56. The Morgan fingerprint density at radius 1 is 1.14 bits per heavy atom. The van der Waals surface area contributed by atoms with Gasteiger partial charge in [0.1, 0.15) is 0 Å². The first-order valence-electron chi connectivity index (χ1n) is 9.07. The number of hydrogen-bond acceptors (Lipinski definition) is 2. The van der Waals surface area contributed by atoms with E-state index in [9.17, 15) is 0 Å². The Morgan fingerprint density at radius 2 is 1.77 bits per heavy atom. The van der Waals surface area contributed by atoms with Gasteiger partial charge in [0, 0.05) is 5.41 Å². The van der Waals surface area contributed by atoms with Crippen molar-refractivity contribution >= 4 is 8.32 Å². The van der Waals surface area contributed by atoms with Crippen molar-refractivity contribution in [2.75, 3.05) is 0 Å². The molecule has 0 radical (unpaired) electrons. The molecule has 22 heavy (non-hydrogen) atoms. The molecule has 1 aliphatic heterocycles. The molecule has 3 heteroatoms. The SMILES string of the molecule is CC1(C)C2CCC3OC3CC/C=C\2C1O[Si](C)(C)C(C)(C)C. The Bertz CT molecular complexity index is 472. The lowest BCUT2D eigenvalue weighted by Crippen LogP contribution is -2.58. The molecule has 0 aromatic heterocycles. The van der Waals surface area contributed by atoms with Crippen LogP contribution >= 0.6 is 0 Å². The summed E-state index contributed by atoms with van der Waals surface area (Å²) in [4.78, 5) is 0. The minimum absolute atomic E-state index is 0.274. The van der Waals surface area contributed by atoms with Gasteiger partial charge in [-0.25, -0.2) is 0 Å². The second-order valence-corrected chi connectivity index (χ2v) is 14.5. The van der Waals surface area contributed by atoms with Crippen LogP contribution in [0.2, 0.25) is 18.1 Å².